The summed E-state index contributed by atoms with van der Waals surface area (Å²) >= 11 is 0. The first-order chi connectivity index (χ1) is 9.54. The number of hydrogen-bond donors (Lipinski definition) is 1. The first-order valence-electron chi connectivity index (χ1n) is 6.68. The summed E-state index contributed by atoms with van der Waals surface area (Å²) in [4.78, 5) is 8.41. The van der Waals surface area contributed by atoms with Gasteiger partial charge in [-0.15, -0.1) is 0 Å². The van der Waals surface area contributed by atoms with Crippen LogP contribution in [0.2, 0.25) is 0 Å². The van der Waals surface area contributed by atoms with Gasteiger partial charge in [-0.3, -0.25) is 0 Å². The fourth-order valence-electron chi connectivity index (χ4n) is 2.25. The summed E-state index contributed by atoms with van der Waals surface area (Å²) in [6.45, 7) is 10.3. The van der Waals surface area contributed by atoms with E-state index < -0.39 is 0 Å². The van der Waals surface area contributed by atoms with Gasteiger partial charge in [0.2, 0.25) is 5.88 Å². The standard InChI is InChI=1S/C14H20N4O2/c1-6-19-14-8(2)13(15-7-16-14)17-9(3)12-10(4)18-20-11(12)5/h7,9H,6H2,1-5H3,(H,15,16,17). The van der Waals surface area contributed by atoms with Gasteiger partial charge in [0.05, 0.1) is 23.9 Å². The molecule has 20 heavy (non-hydrogen) atoms. The van der Waals surface area contributed by atoms with Gasteiger partial charge in [0, 0.05) is 5.56 Å². The predicted octanol–water partition coefficient (Wildman–Crippen LogP) is 2.96. The molecule has 1 atom stereocenters. The van der Waals surface area contributed by atoms with E-state index in [4.69, 9.17) is 9.26 Å². The van der Waals surface area contributed by atoms with Crippen molar-refractivity contribution in [1.82, 2.24) is 15.1 Å². The minimum atomic E-state index is 0.0457. The fraction of sp³-hybridized carbons (Fsp3) is 0.500. The molecule has 0 saturated heterocycles. The van der Waals surface area contributed by atoms with Gasteiger partial charge in [-0.25, -0.2) is 9.97 Å². The molecular formula is C14H20N4O2. The van der Waals surface area contributed by atoms with Gasteiger partial charge < -0.3 is 14.6 Å². The summed E-state index contributed by atoms with van der Waals surface area (Å²) in [6, 6.07) is 0.0457. The second kappa shape index (κ2) is 5.90. The molecule has 0 radical (unpaired) electrons. The molecule has 108 valence electrons. The monoisotopic (exact) mass is 276 g/mol. The fourth-order valence-corrected chi connectivity index (χ4v) is 2.25. The molecule has 0 amide bonds. The van der Waals surface area contributed by atoms with E-state index in [-0.39, 0.29) is 6.04 Å². The Morgan fingerprint density at radius 2 is 2.05 bits per heavy atom. The van der Waals surface area contributed by atoms with E-state index in [1.54, 1.807) is 0 Å². The van der Waals surface area contributed by atoms with Crippen LogP contribution in [0.5, 0.6) is 5.88 Å². The van der Waals surface area contributed by atoms with Crippen molar-refractivity contribution in [3.63, 3.8) is 0 Å². The van der Waals surface area contributed by atoms with Gasteiger partial charge in [-0.2, -0.15) is 0 Å². The maximum Gasteiger partial charge on any atom is 0.221 e. The molecule has 6 nitrogen and oxygen atoms in total. The summed E-state index contributed by atoms with van der Waals surface area (Å²) < 4.78 is 10.7. The number of nitrogens with one attached hydrogen (secondary N) is 1. The summed E-state index contributed by atoms with van der Waals surface area (Å²) in [7, 11) is 0. The zero-order chi connectivity index (χ0) is 14.7. The number of aryl methyl sites for hydroxylation is 2. The molecule has 6 heteroatoms. The van der Waals surface area contributed by atoms with Crippen molar-refractivity contribution in [2.75, 3.05) is 11.9 Å². The van der Waals surface area contributed by atoms with Gasteiger partial charge in [-0.05, 0) is 34.6 Å². The minimum absolute atomic E-state index is 0.0457. The number of anilines is 1. The molecule has 1 unspecified atom stereocenters. The predicted molar refractivity (Wildman–Crippen MR) is 76.0 cm³/mol. The number of rotatable bonds is 5. The molecule has 2 rings (SSSR count). The Labute approximate surface area is 118 Å². The molecule has 1 N–H and O–H groups in total. The normalized spacial score (nSPS) is 12.2. The highest BCUT2D eigenvalue weighted by Gasteiger charge is 2.18. The molecule has 2 aromatic heterocycles. The Bertz CT molecular complexity index is 575. The summed E-state index contributed by atoms with van der Waals surface area (Å²) in [5, 5.41) is 7.34. The van der Waals surface area contributed by atoms with E-state index in [1.807, 2.05) is 27.7 Å². The Hall–Kier alpha value is -2.11. The molecule has 0 aliphatic rings. The van der Waals surface area contributed by atoms with E-state index in [0.29, 0.717) is 12.5 Å². The van der Waals surface area contributed by atoms with Crippen LogP contribution in [-0.2, 0) is 0 Å². The lowest BCUT2D eigenvalue weighted by Crippen LogP contribution is -2.12. The van der Waals surface area contributed by atoms with Gasteiger partial charge >= 0.3 is 0 Å². The Morgan fingerprint density at radius 3 is 2.65 bits per heavy atom. The highest BCUT2D eigenvalue weighted by atomic mass is 16.5. The molecule has 0 fully saturated rings. The van der Waals surface area contributed by atoms with Crippen LogP contribution in [0.1, 0.15) is 42.5 Å². The largest absolute Gasteiger partial charge is 0.478 e. The summed E-state index contributed by atoms with van der Waals surface area (Å²) in [6.07, 6.45) is 1.50. The molecule has 0 bridgehead atoms. The zero-order valence-electron chi connectivity index (χ0n) is 12.5. The maximum atomic E-state index is 5.48. The highest BCUT2D eigenvalue weighted by molar-refractivity contribution is 5.49. The quantitative estimate of drug-likeness (QED) is 0.905. The van der Waals surface area contributed by atoms with Crippen molar-refractivity contribution in [3.05, 3.63) is 28.9 Å². The molecular weight excluding hydrogens is 256 g/mol. The molecule has 0 spiro atoms. The average molecular weight is 276 g/mol. The number of ether oxygens (including phenoxy) is 1. The zero-order valence-corrected chi connectivity index (χ0v) is 12.5. The highest BCUT2D eigenvalue weighted by Crippen LogP contribution is 2.27. The average Bonchev–Trinajstić information content (AvgIpc) is 2.74. The molecule has 0 aliphatic heterocycles. The second-order valence-corrected chi connectivity index (χ2v) is 4.69. The van der Waals surface area contributed by atoms with Gasteiger partial charge in [0.15, 0.2) is 0 Å². The van der Waals surface area contributed by atoms with E-state index in [2.05, 4.69) is 27.4 Å². The van der Waals surface area contributed by atoms with Crippen LogP contribution >= 0.6 is 0 Å². The molecule has 2 heterocycles. The van der Waals surface area contributed by atoms with Crippen LogP contribution in [0, 0.1) is 20.8 Å². The van der Waals surface area contributed by atoms with Crippen molar-refractivity contribution < 1.29 is 9.26 Å². The third kappa shape index (κ3) is 2.74. The van der Waals surface area contributed by atoms with Crippen molar-refractivity contribution in [3.8, 4) is 5.88 Å². The second-order valence-electron chi connectivity index (χ2n) is 4.69. The minimum Gasteiger partial charge on any atom is -0.478 e. The van der Waals surface area contributed by atoms with Crippen molar-refractivity contribution >= 4 is 5.82 Å². The smallest absolute Gasteiger partial charge is 0.221 e. The van der Waals surface area contributed by atoms with E-state index in [0.717, 1.165) is 28.4 Å². The van der Waals surface area contributed by atoms with Crippen LogP contribution in [-0.4, -0.2) is 21.7 Å². The number of nitrogens with zero attached hydrogens (tertiary/aromatic N) is 3. The summed E-state index contributed by atoms with van der Waals surface area (Å²) in [5.74, 6) is 2.19. The molecule has 0 aromatic carbocycles. The van der Waals surface area contributed by atoms with Crippen LogP contribution in [0.3, 0.4) is 0 Å². The SMILES string of the molecule is CCOc1ncnc(NC(C)c2c(C)noc2C)c1C. The van der Waals surface area contributed by atoms with Crippen LogP contribution < -0.4 is 10.1 Å². The molecule has 0 aliphatic carbocycles. The van der Waals surface area contributed by atoms with E-state index >= 15 is 0 Å². The number of aromatic nitrogens is 3. The Kier molecular flexibility index (Phi) is 4.22. The Balaban J connectivity index is 2.24. The lowest BCUT2D eigenvalue weighted by molar-refractivity contribution is 0.324. The lowest BCUT2D eigenvalue weighted by Gasteiger charge is -2.17. The lowest BCUT2D eigenvalue weighted by atomic mass is 10.1. The van der Waals surface area contributed by atoms with Crippen molar-refractivity contribution in [2.45, 2.75) is 40.7 Å². The van der Waals surface area contributed by atoms with Crippen molar-refractivity contribution in [2.24, 2.45) is 0 Å². The first-order valence-corrected chi connectivity index (χ1v) is 6.68. The van der Waals surface area contributed by atoms with Crippen molar-refractivity contribution in [1.29, 1.82) is 0 Å². The topological polar surface area (TPSA) is 73.1 Å². The molecule has 0 saturated carbocycles. The van der Waals surface area contributed by atoms with E-state index in [1.165, 1.54) is 6.33 Å². The maximum absolute atomic E-state index is 5.48. The van der Waals surface area contributed by atoms with Gasteiger partial charge in [0.1, 0.15) is 17.9 Å². The van der Waals surface area contributed by atoms with Gasteiger partial charge in [-0.1, -0.05) is 5.16 Å². The van der Waals surface area contributed by atoms with Crippen LogP contribution in [0.4, 0.5) is 5.82 Å². The summed E-state index contributed by atoms with van der Waals surface area (Å²) in [5.41, 5.74) is 2.84. The van der Waals surface area contributed by atoms with Crippen LogP contribution in [0.25, 0.3) is 0 Å². The number of hydrogen-bond acceptors (Lipinski definition) is 6. The first kappa shape index (κ1) is 14.3. The third-order valence-corrected chi connectivity index (χ3v) is 3.19. The van der Waals surface area contributed by atoms with Crippen LogP contribution in [0.15, 0.2) is 10.9 Å². The molecule has 2 aromatic rings. The Morgan fingerprint density at radius 1 is 1.30 bits per heavy atom. The van der Waals surface area contributed by atoms with Gasteiger partial charge in [0.25, 0.3) is 0 Å². The third-order valence-electron chi connectivity index (χ3n) is 3.19. The van der Waals surface area contributed by atoms with E-state index in [9.17, 15) is 0 Å².